The molecule has 1 amide bonds. The average molecular weight is 242 g/mol. The summed E-state index contributed by atoms with van der Waals surface area (Å²) in [6, 6.07) is 0.297. The Labute approximate surface area is 102 Å². The molecule has 2 saturated heterocycles. The van der Waals surface area contributed by atoms with Crippen LogP contribution in [0.3, 0.4) is 0 Å². The second-order valence-corrected chi connectivity index (χ2v) is 5.96. The maximum Gasteiger partial charge on any atom is 0.410 e. The van der Waals surface area contributed by atoms with Gasteiger partial charge in [0.2, 0.25) is 0 Å². The van der Waals surface area contributed by atoms with Crippen molar-refractivity contribution in [1.29, 1.82) is 0 Å². The highest BCUT2D eigenvalue weighted by Crippen LogP contribution is 2.23. The van der Waals surface area contributed by atoms with Crippen LogP contribution >= 0.6 is 0 Å². The molecule has 0 bridgehead atoms. The molecular weight excluding hydrogens is 220 g/mol. The number of aliphatic hydroxyl groups is 1. The molecule has 17 heavy (non-hydrogen) atoms. The van der Waals surface area contributed by atoms with Gasteiger partial charge in [-0.2, -0.15) is 0 Å². The molecule has 0 spiro atoms. The normalized spacial score (nSPS) is 30.2. The zero-order valence-electron chi connectivity index (χ0n) is 10.8. The van der Waals surface area contributed by atoms with Gasteiger partial charge in [-0.3, -0.25) is 4.90 Å². The summed E-state index contributed by atoms with van der Waals surface area (Å²) in [5.74, 6) is 0. The Bertz CT molecular complexity index is 301. The van der Waals surface area contributed by atoms with Crippen LogP contribution in [0.2, 0.25) is 0 Å². The van der Waals surface area contributed by atoms with Crippen molar-refractivity contribution >= 4 is 6.09 Å². The van der Waals surface area contributed by atoms with Gasteiger partial charge in [0.15, 0.2) is 0 Å². The number of carbonyl (C=O) groups is 1. The molecule has 0 unspecified atom stereocenters. The molecule has 0 aromatic rings. The molecule has 2 atom stereocenters. The molecule has 5 heteroatoms. The van der Waals surface area contributed by atoms with Crippen molar-refractivity contribution in [2.24, 2.45) is 0 Å². The van der Waals surface area contributed by atoms with Gasteiger partial charge >= 0.3 is 6.09 Å². The molecule has 2 fully saturated rings. The Morgan fingerprint density at radius 2 is 2.00 bits per heavy atom. The van der Waals surface area contributed by atoms with Crippen LogP contribution in [0.1, 0.15) is 27.2 Å². The highest BCUT2D eigenvalue weighted by Gasteiger charge is 2.37. The van der Waals surface area contributed by atoms with E-state index in [1.165, 1.54) is 0 Å². The van der Waals surface area contributed by atoms with Gasteiger partial charge in [0.1, 0.15) is 5.60 Å². The first-order valence-electron chi connectivity index (χ1n) is 6.25. The Kier molecular flexibility index (Phi) is 3.32. The summed E-state index contributed by atoms with van der Waals surface area (Å²) in [7, 11) is 0. The van der Waals surface area contributed by atoms with E-state index in [0.717, 1.165) is 19.5 Å². The Morgan fingerprint density at radius 1 is 1.29 bits per heavy atom. The van der Waals surface area contributed by atoms with Crippen LogP contribution in [0, 0.1) is 0 Å². The molecule has 0 aromatic carbocycles. The Balaban J connectivity index is 1.90. The number of fused-ring (bicyclic) bond motifs is 1. The van der Waals surface area contributed by atoms with Gasteiger partial charge in [0.05, 0.1) is 6.10 Å². The average Bonchev–Trinajstić information content (AvgIpc) is 2.53. The maximum atomic E-state index is 11.9. The SMILES string of the molecule is CC(C)(C)OC(=O)N1CCN2C[C@@H](O)C[C@@H]2C1. The summed E-state index contributed by atoms with van der Waals surface area (Å²) in [6.45, 7) is 8.57. The molecule has 0 saturated carbocycles. The smallest absolute Gasteiger partial charge is 0.410 e. The van der Waals surface area contributed by atoms with Crippen LogP contribution in [0.5, 0.6) is 0 Å². The van der Waals surface area contributed by atoms with E-state index >= 15 is 0 Å². The summed E-state index contributed by atoms with van der Waals surface area (Å²) >= 11 is 0. The molecule has 2 rings (SSSR count). The van der Waals surface area contributed by atoms with Gasteiger partial charge in [-0.1, -0.05) is 0 Å². The van der Waals surface area contributed by atoms with E-state index in [-0.39, 0.29) is 12.2 Å². The lowest BCUT2D eigenvalue weighted by Crippen LogP contribution is -2.53. The number of aliphatic hydroxyl groups excluding tert-OH is 1. The summed E-state index contributed by atoms with van der Waals surface area (Å²) in [5.41, 5.74) is -0.441. The largest absolute Gasteiger partial charge is 0.444 e. The van der Waals surface area contributed by atoms with Crippen LogP contribution < -0.4 is 0 Å². The fraction of sp³-hybridized carbons (Fsp3) is 0.917. The van der Waals surface area contributed by atoms with E-state index in [4.69, 9.17) is 4.74 Å². The molecule has 0 radical (unpaired) electrons. The third-order valence-corrected chi connectivity index (χ3v) is 3.25. The number of hydrogen-bond acceptors (Lipinski definition) is 4. The molecule has 0 aromatic heterocycles. The zero-order chi connectivity index (χ0) is 12.6. The highest BCUT2D eigenvalue weighted by molar-refractivity contribution is 5.68. The number of hydrogen-bond donors (Lipinski definition) is 1. The molecule has 2 aliphatic heterocycles. The lowest BCUT2D eigenvalue weighted by atomic mass is 10.1. The van der Waals surface area contributed by atoms with E-state index in [0.29, 0.717) is 19.1 Å². The van der Waals surface area contributed by atoms with Gasteiger partial charge in [-0.05, 0) is 27.2 Å². The van der Waals surface area contributed by atoms with E-state index in [1.807, 2.05) is 20.8 Å². The van der Waals surface area contributed by atoms with E-state index < -0.39 is 5.60 Å². The van der Waals surface area contributed by atoms with Crippen molar-refractivity contribution < 1.29 is 14.6 Å². The molecule has 5 nitrogen and oxygen atoms in total. The molecule has 2 heterocycles. The van der Waals surface area contributed by atoms with Crippen molar-refractivity contribution in [1.82, 2.24) is 9.80 Å². The fourth-order valence-electron chi connectivity index (χ4n) is 2.51. The quantitative estimate of drug-likeness (QED) is 0.678. The minimum atomic E-state index is -0.441. The standard InChI is InChI=1S/C12H22N2O3/c1-12(2,3)17-11(16)14-5-4-13-8-10(15)6-9(13)7-14/h9-10,15H,4-8H2,1-3H3/t9-,10+/m1/s1. The Hall–Kier alpha value is -0.810. The van der Waals surface area contributed by atoms with E-state index in [9.17, 15) is 9.90 Å². The third kappa shape index (κ3) is 3.10. The van der Waals surface area contributed by atoms with Crippen LogP contribution in [0.15, 0.2) is 0 Å². The van der Waals surface area contributed by atoms with Crippen LogP contribution in [0.25, 0.3) is 0 Å². The topological polar surface area (TPSA) is 53.0 Å². The number of carbonyl (C=O) groups excluding carboxylic acids is 1. The van der Waals surface area contributed by atoms with Crippen LogP contribution in [-0.4, -0.2) is 64.9 Å². The van der Waals surface area contributed by atoms with Crippen molar-refractivity contribution in [3.8, 4) is 0 Å². The van der Waals surface area contributed by atoms with Crippen molar-refractivity contribution in [3.05, 3.63) is 0 Å². The monoisotopic (exact) mass is 242 g/mol. The second-order valence-electron chi connectivity index (χ2n) is 5.96. The first-order valence-corrected chi connectivity index (χ1v) is 6.25. The molecular formula is C12H22N2O3. The van der Waals surface area contributed by atoms with Crippen molar-refractivity contribution in [3.63, 3.8) is 0 Å². The van der Waals surface area contributed by atoms with Crippen molar-refractivity contribution in [2.75, 3.05) is 26.2 Å². The lowest BCUT2D eigenvalue weighted by Gasteiger charge is -2.37. The van der Waals surface area contributed by atoms with Gasteiger partial charge < -0.3 is 14.7 Å². The Morgan fingerprint density at radius 3 is 2.65 bits per heavy atom. The number of rotatable bonds is 0. The second kappa shape index (κ2) is 4.46. The van der Waals surface area contributed by atoms with Crippen LogP contribution in [-0.2, 0) is 4.74 Å². The first-order chi connectivity index (χ1) is 7.85. The molecule has 98 valence electrons. The zero-order valence-corrected chi connectivity index (χ0v) is 10.8. The number of nitrogens with zero attached hydrogens (tertiary/aromatic N) is 2. The van der Waals surface area contributed by atoms with E-state index in [1.54, 1.807) is 4.90 Å². The summed E-state index contributed by atoms with van der Waals surface area (Å²) in [5, 5.41) is 9.59. The number of piperazine rings is 1. The number of amides is 1. The summed E-state index contributed by atoms with van der Waals surface area (Å²) in [4.78, 5) is 15.9. The number of ether oxygens (including phenoxy) is 1. The van der Waals surface area contributed by atoms with Gasteiger partial charge in [0, 0.05) is 32.2 Å². The minimum Gasteiger partial charge on any atom is -0.444 e. The van der Waals surface area contributed by atoms with Gasteiger partial charge in [-0.15, -0.1) is 0 Å². The van der Waals surface area contributed by atoms with Gasteiger partial charge in [0.25, 0.3) is 0 Å². The third-order valence-electron chi connectivity index (χ3n) is 3.25. The molecule has 1 N–H and O–H groups in total. The van der Waals surface area contributed by atoms with Crippen LogP contribution in [0.4, 0.5) is 4.79 Å². The predicted molar refractivity (Wildman–Crippen MR) is 63.8 cm³/mol. The predicted octanol–water partition coefficient (Wildman–Crippen LogP) is 0.672. The van der Waals surface area contributed by atoms with E-state index in [2.05, 4.69) is 4.90 Å². The molecule has 2 aliphatic rings. The first kappa shape index (κ1) is 12.6. The highest BCUT2D eigenvalue weighted by atomic mass is 16.6. The lowest BCUT2D eigenvalue weighted by molar-refractivity contribution is 0.00921. The summed E-state index contributed by atoms with van der Waals surface area (Å²) in [6.07, 6.45) is 0.288. The molecule has 0 aliphatic carbocycles. The van der Waals surface area contributed by atoms with Gasteiger partial charge in [-0.25, -0.2) is 4.79 Å². The maximum absolute atomic E-state index is 11.9. The fourth-order valence-corrected chi connectivity index (χ4v) is 2.51. The summed E-state index contributed by atoms with van der Waals surface area (Å²) < 4.78 is 5.36. The van der Waals surface area contributed by atoms with Crippen molar-refractivity contribution in [2.45, 2.75) is 44.9 Å². The minimum absolute atomic E-state index is 0.237.